The molecule has 186 valence electrons. The second-order valence-electron chi connectivity index (χ2n) is 8.38. The Labute approximate surface area is 194 Å². The van der Waals surface area contributed by atoms with Crippen molar-refractivity contribution in [3.05, 3.63) is 64.2 Å². The van der Waals surface area contributed by atoms with Gasteiger partial charge in [0.2, 0.25) is 0 Å². The van der Waals surface area contributed by atoms with Gasteiger partial charge in [-0.05, 0) is 67.8 Å². The third kappa shape index (κ3) is 5.67. The number of aliphatic hydroxyl groups excluding tert-OH is 1. The number of carbonyl (C=O) groups is 1. The smallest absolute Gasteiger partial charge is 0.421 e. The number of benzene rings is 2. The SMILES string of the molecule is Cc1c(OC(F)(F)CO)ccc(C(C)N2CCN(C(=O)c3ccc(C(F)(F)F)cc3)CC2)c1C. The maximum Gasteiger partial charge on any atom is 0.421 e. The molecule has 0 aromatic heterocycles. The fraction of sp³-hybridized carbons (Fsp3) is 0.458. The van der Waals surface area contributed by atoms with E-state index in [1.54, 1.807) is 17.9 Å². The van der Waals surface area contributed by atoms with Crippen LogP contribution in [-0.4, -0.2) is 59.7 Å². The van der Waals surface area contributed by atoms with Gasteiger partial charge in [-0.15, -0.1) is 0 Å². The van der Waals surface area contributed by atoms with Gasteiger partial charge < -0.3 is 14.7 Å². The minimum Gasteiger partial charge on any atom is -0.431 e. The molecule has 1 unspecified atom stereocenters. The number of nitrogens with zero attached hydrogens (tertiary/aromatic N) is 2. The highest BCUT2D eigenvalue weighted by Crippen LogP contribution is 2.33. The van der Waals surface area contributed by atoms with Gasteiger partial charge in [0.1, 0.15) is 12.4 Å². The molecule has 1 saturated heterocycles. The van der Waals surface area contributed by atoms with Crippen LogP contribution >= 0.6 is 0 Å². The molecule has 1 aliphatic rings. The molecule has 34 heavy (non-hydrogen) atoms. The Morgan fingerprint density at radius 2 is 1.56 bits per heavy atom. The predicted octanol–water partition coefficient (Wildman–Crippen LogP) is 4.81. The standard InChI is InChI=1S/C24H27F5N2O3/c1-15-16(2)21(34-23(25,26)14-32)9-8-20(15)17(3)30-10-12-31(13-11-30)22(33)18-4-6-19(7-5-18)24(27,28)29/h4-9,17,32H,10-14H2,1-3H3. The lowest BCUT2D eigenvalue weighted by atomic mass is 9.96. The summed E-state index contributed by atoms with van der Waals surface area (Å²) in [4.78, 5) is 16.5. The highest BCUT2D eigenvalue weighted by molar-refractivity contribution is 5.94. The first-order chi connectivity index (χ1) is 15.8. The molecule has 1 aliphatic heterocycles. The van der Waals surface area contributed by atoms with Crippen molar-refractivity contribution in [2.24, 2.45) is 0 Å². The Hall–Kier alpha value is -2.72. The van der Waals surface area contributed by atoms with Crippen molar-refractivity contribution in [1.82, 2.24) is 9.80 Å². The molecule has 1 atom stereocenters. The first kappa shape index (κ1) is 25.9. The van der Waals surface area contributed by atoms with Crippen LogP contribution in [-0.2, 0) is 6.18 Å². The summed E-state index contributed by atoms with van der Waals surface area (Å²) >= 11 is 0. The Kier molecular flexibility index (Phi) is 7.52. The number of ether oxygens (including phenoxy) is 1. The number of amides is 1. The van der Waals surface area contributed by atoms with Crippen LogP contribution in [0.1, 0.15) is 45.6 Å². The van der Waals surface area contributed by atoms with Crippen LogP contribution in [0.4, 0.5) is 22.0 Å². The molecule has 0 bridgehead atoms. The molecule has 1 fully saturated rings. The fourth-order valence-corrected chi connectivity index (χ4v) is 4.07. The first-order valence-corrected chi connectivity index (χ1v) is 10.8. The third-order valence-corrected chi connectivity index (χ3v) is 6.28. The van der Waals surface area contributed by atoms with E-state index in [9.17, 15) is 26.7 Å². The Morgan fingerprint density at radius 3 is 2.09 bits per heavy atom. The number of carbonyl (C=O) groups excluding carboxylic acids is 1. The van der Waals surface area contributed by atoms with Crippen molar-refractivity contribution in [3.63, 3.8) is 0 Å². The Balaban J connectivity index is 1.65. The van der Waals surface area contributed by atoms with Crippen molar-refractivity contribution >= 4 is 5.91 Å². The van der Waals surface area contributed by atoms with E-state index < -0.39 is 24.5 Å². The van der Waals surface area contributed by atoms with Crippen LogP contribution in [0.25, 0.3) is 0 Å². The fourth-order valence-electron chi connectivity index (χ4n) is 4.07. The first-order valence-electron chi connectivity index (χ1n) is 10.8. The summed E-state index contributed by atoms with van der Waals surface area (Å²) in [5, 5.41) is 8.75. The number of aliphatic hydroxyl groups is 1. The molecule has 0 radical (unpaired) electrons. The zero-order valence-electron chi connectivity index (χ0n) is 19.1. The summed E-state index contributed by atoms with van der Waals surface area (Å²) < 4.78 is 69.8. The number of alkyl halides is 5. The van der Waals surface area contributed by atoms with E-state index in [0.717, 1.165) is 23.3 Å². The van der Waals surface area contributed by atoms with Gasteiger partial charge in [0.05, 0.1) is 5.56 Å². The summed E-state index contributed by atoms with van der Waals surface area (Å²) in [6, 6.07) is 7.31. The Bertz CT molecular complexity index is 1020. The largest absolute Gasteiger partial charge is 0.431 e. The van der Waals surface area contributed by atoms with E-state index in [2.05, 4.69) is 9.64 Å². The van der Waals surface area contributed by atoms with Crippen molar-refractivity contribution < 1.29 is 36.6 Å². The lowest BCUT2D eigenvalue weighted by Gasteiger charge is -2.39. The normalized spacial score (nSPS) is 16.4. The summed E-state index contributed by atoms with van der Waals surface area (Å²) in [5.41, 5.74) is 1.68. The molecule has 3 rings (SSSR count). The highest BCUT2D eigenvalue weighted by Gasteiger charge is 2.33. The second-order valence-corrected chi connectivity index (χ2v) is 8.38. The van der Waals surface area contributed by atoms with Gasteiger partial charge in [-0.2, -0.15) is 22.0 Å². The van der Waals surface area contributed by atoms with Crippen molar-refractivity contribution in [2.45, 2.75) is 39.1 Å². The molecule has 1 heterocycles. The summed E-state index contributed by atoms with van der Waals surface area (Å²) in [6.07, 6.45) is -8.12. The van der Waals surface area contributed by atoms with Gasteiger partial charge in [0.25, 0.3) is 5.91 Å². The van der Waals surface area contributed by atoms with E-state index in [4.69, 9.17) is 5.11 Å². The van der Waals surface area contributed by atoms with Crippen LogP contribution < -0.4 is 4.74 Å². The topological polar surface area (TPSA) is 53.0 Å². The average Bonchev–Trinajstić information content (AvgIpc) is 2.81. The van der Waals surface area contributed by atoms with Crippen LogP contribution in [0.2, 0.25) is 0 Å². The Morgan fingerprint density at radius 1 is 0.971 bits per heavy atom. The van der Waals surface area contributed by atoms with Crippen LogP contribution in [0, 0.1) is 13.8 Å². The zero-order valence-corrected chi connectivity index (χ0v) is 19.1. The molecule has 0 saturated carbocycles. The van der Waals surface area contributed by atoms with Crippen LogP contribution in [0.15, 0.2) is 36.4 Å². The minimum absolute atomic E-state index is 0.000502. The van der Waals surface area contributed by atoms with Crippen molar-refractivity contribution in [2.75, 3.05) is 32.8 Å². The van der Waals surface area contributed by atoms with Crippen LogP contribution in [0.3, 0.4) is 0 Å². The van der Waals surface area contributed by atoms with E-state index in [1.807, 2.05) is 13.8 Å². The molecular weight excluding hydrogens is 459 g/mol. The van der Waals surface area contributed by atoms with E-state index in [1.165, 1.54) is 18.2 Å². The molecule has 0 spiro atoms. The van der Waals surface area contributed by atoms with Gasteiger partial charge in [0.15, 0.2) is 0 Å². The lowest BCUT2D eigenvalue weighted by molar-refractivity contribution is -0.201. The van der Waals surface area contributed by atoms with E-state index in [-0.39, 0.29) is 23.3 Å². The summed E-state index contributed by atoms with van der Waals surface area (Å²) in [5.74, 6) is -0.321. The van der Waals surface area contributed by atoms with Gasteiger partial charge in [-0.3, -0.25) is 9.69 Å². The molecule has 0 aliphatic carbocycles. The molecule has 1 amide bonds. The molecule has 1 N–H and O–H groups in total. The second kappa shape index (κ2) is 9.87. The van der Waals surface area contributed by atoms with Gasteiger partial charge in [-0.1, -0.05) is 6.07 Å². The maximum absolute atomic E-state index is 13.4. The van der Waals surface area contributed by atoms with Crippen molar-refractivity contribution in [3.8, 4) is 5.75 Å². The molecule has 2 aromatic rings. The highest BCUT2D eigenvalue weighted by atomic mass is 19.4. The number of halogens is 5. The van der Waals surface area contributed by atoms with Gasteiger partial charge in [-0.25, -0.2) is 0 Å². The number of rotatable bonds is 6. The lowest BCUT2D eigenvalue weighted by Crippen LogP contribution is -2.49. The molecular formula is C24H27F5N2O3. The summed E-state index contributed by atoms with van der Waals surface area (Å²) in [7, 11) is 0. The van der Waals surface area contributed by atoms with Crippen molar-refractivity contribution in [1.29, 1.82) is 0 Å². The molecule has 5 nitrogen and oxygen atoms in total. The quantitative estimate of drug-likeness (QED) is 0.596. The third-order valence-electron chi connectivity index (χ3n) is 6.28. The van der Waals surface area contributed by atoms with Gasteiger partial charge in [0, 0.05) is 37.8 Å². The van der Waals surface area contributed by atoms with E-state index >= 15 is 0 Å². The van der Waals surface area contributed by atoms with E-state index in [0.29, 0.717) is 31.7 Å². The maximum atomic E-state index is 13.4. The average molecular weight is 486 g/mol. The molecule has 2 aromatic carbocycles. The zero-order chi connectivity index (χ0) is 25.3. The minimum atomic E-state index is -4.45. The number of piperazine rings is 1. The predicted molar refractivity (Wildman–Crippen MR) is 116 cm³/mol. The molecule has 10 heteroatoms. The number of hydrogen-bond donors (Lipinski definition) is 1. The van der Waals surface area contributed by atoms with Gasteiger partial charge >= 0.3 is 12.3 Å². The van der Waals surface area contributed by atoms with Crippen LogP contribution in [0.5, 0.6) is 5.75 Å². The summed E-state index contributed by atoms with van der Waals surface area (Å²) in [6.45, 7) is 5.97. The monoisotopic (exact) mass is 486 g/mol. The number of hydrogen-bond acceptors (Lipinski definition) is 4.